The summed E-state index contributed by atoms with van der Waals surface area (Å²) in [5, 5.41) is 26.8. The van der Waals surface area contributed by atoms with Crippen LogP contribution >= 0.6 is 7.92 Å². The van der Waals surface area contributed by atoms with E-state index in [1.54, 1.807) is 11.4 Å². The molecule has 0 saturated carbocycles. The number of hydrogen-bond acceptors (Lipinski definition) is 3. The first kappa shape index (κ1) is 35.0. The third kappa shape index (κ3) is 8.28. The molecular weight excluding hydrogens is 570 g/mol. The number of fused-ring (bicyclic) bond motifs is 4. The molecule has 0 heterocycles. The van der Waals surface area contributed by atoms with E-state index in [1.165, 1.54) is 16.5 Å². The van der Waals surface area contributed by atoms with Gasteiger partial charge in [0.25, 0.3) is 0 Å². The minimum Gasteiger partial charge on any atom is -0.511 e. The van der Waals surface area contributed by atoms with Crippen LogP contribution < -0.4 is 9.96 Å². The molecule has 5 rings (SSSR count). The fourth-order valence-corrected chi connectivity index (χ4v) is 10.5. The Balaban J connectivity index is 0.000000205. The lowest BCUT2D eigenvalue weighted by molar-refractivity contribution is 0.289. The fraction of sp³-hybridized carbons (Fsp3) is 0.400. The van der Waals surface area contributed by atoms with Crippen molar-refractivity contribution in [3.63, 3.8) is 0 Å². The zero-order chi connectivity index (χ0) is 33.5. The smallest absolute Gasteiger partial charge is 0.511 e. The second-order valence-corrected chi connectivity index (χ2v) is 20.1. The summed E-state index contributed by atoms with van der Waals surface area (Å²) in [6, 6.07) is 29.5. The highest BCUT2D eigenvalue weighted by Gasteiger charge is 2.36. The zero-order valence-corrected chi connectivity index (χ0v) is 30.3. The van der Waals surface area contributed by atoms with Crippen LogP contribution in [-0.2, 0) is 10.8 Å². The molecule has 5 aromatic rings. The van der Waals surface area contributed by atoms with E-state index in [9.17, 15) is 0 Å². The van der Waals surface area contributed by atoms with E-state index in [0.717, 1.165) is 26.9 Å². The van der Waals surface area contributed by atoms with Gasteiger partial charge in [0, 0.05) is 5.39 Å². The summed E-state index contributed by atoms with van der Waals surface area (Å²) >= 11 is 0. The summed E-state index contributed by atoms with van der Waals surface area (Å²) < 4.78 is 5.16. The highest BCUT2D eigenvalue weighted by molar-refractivity contribution is 7.68. The minimum atomic E-state index is -1.83. The summed E-state index contributed by atoms with van der Waals surface area (Å²) in [7, 11) is -2.10. The molecule has 5 heteroatoms. The summed E-state index contributed by atoms with van der Waals surface area (Å²) in [5.41, 5.74) is 3.32. The topological polar surface area (TPSA) is 49.7 Å². The summed E-state index contributed by atoms with van der Waals surface area (Å²) in [5.74, 6) is 0.466. The van der Waals surface area contributed by atoms with Gasteiger partial charge < -0.3 is 14.7 Å². The van der Waals surface area contributed by atoms with Gasteiger partial charge in [-0.1, -0.05) is 158 Å². The lowest BCUT2D eigenvalue weighted by Crippen LogP contribution is -2.32. The number of hydrogen-bond donors (Lipinski definition) is 2. The molecule has 5 aromatic carbocycles. The Labute approximate surface area is 273 Å². The van der Waals surface area contributed by atoms with Crippen molar-refractivity contribution in [1.29, 1.82) is 0 Å². The summed E-state index contributed by atoms with van der Waals surface area (Å²) in [6.07, 6.45) is 0. The van der Waals surface area contributed by atoms with Crippen molar-refractivity contribution in [2.75, 3.05) is 0 Å². The summed E-state index contributed by atoms with van der Waals surface area (Å²) in [6.45, 7) is 28.4. The van der Waals surface area contributed by atoms with E-state index in [-0.39, 0.29) is 18.8 Å². The van der Waals surface area contributed by atoms with Crippen molar-refractivity contribution in [1.82, 2.24) is 0 Å². The van der Waals surface area contributed by atoms with Crippen LogP contribution in [0.25, 0.3) is 32.3 Å². The molecule has 3 nitrogen and oxygen atoms in total. The number of rotatable bonds is 3. The molecule has 0 aliphatic rings. The zero-order valence-electron chi connectivity index (χ0n) is 29.4. The lowest BCUT2D eigenvalue weighted by Gasteiger charge is -2.43. The van der Waals surface area contributed by atoms with E-state index >= 15 is 0 Å². The Morgan fingerprint density at radius 1 is 0.533 bits per heavy atom. The third-order valence-electron chi connectivity index (χ3n) is 8.17. The van der Waals surface area contributed by atoms with Crippen molar-refractivity contribution >= 4 is 52.9 Å². The Kier molecular flexibility index (Phi) is 9.87. The fourth-order valence-electron chi connectivity index (χ4n) is 6.37. The van der Waals surface area contributed by atoms with E-state index in [1.807, 2.05) is 30.3 Å². The van der Waals surface area contributed by atoms with Gasteiger partial charge >= 0.3 is 7.32 Å². The van der Waals surface area contributed by atoms with Gasteiger partial charge in [-0.2, -0.15) is 0 Å². The van der Waals surface area contributed by atoms with E-state index in [4.69, 9.17) is 14.7 Å². The summed E-state index contributed by atoms with van der Waals surface area (Å²) in [4.78, 5) is 0. The van der Waals surface area contributed by atoms with Crippen LogP contribution in [-0.4, -0.2) is 27.7 Å². The highest BCUT2D eigenvalue weighted by Crippen LogP contribution is 2.58. The minimum absolute atomic E-state index is 0.187. The molecule has 0 spiro atoms. The molecule has 0 aliphatic heterocycles. The van der Waals surface area contributed by atoms with Gasteiger partial charge in [-0.15, -0.1) is 0 Å². The Hall–Kier alpha value is -2.91. The average molecular weight is 623 g/mol. The quantitative estimate of drug-likeness (QED) is 0.0911. The molecule has 0 unspecified atom stereocenters. The van der Waals surface area contributed by atoms with Crippen molar-refractivity contribution in [2.45, 2.75) is 104 Å². The van der Waals surface area contributed by atoms with Gasteiger partial charge in [0.15, 0.2) is 0 Å². The van der Waals surface area contributed by atoms with Gasteiger partial charge in [0.05, 0.1) is 0 Å². The molecule has 0 radical (unpaired) electrons. The first-order valence-electron chi connectivity index (χ1n) is 16.0. The normalized spacial score (nSPS) is 12.9. The molecule has 0 fully saturated rings. The highest BCUT2D eigenvalue weighted by atomic mass is 31.1. The SMILES string of the molecule is CC(C)(C)c1cc(P(C(C)(C)C)C(C)(C)C)cc(C(C)(C)C)c1.OB(O)Oc1cccc2ccc3cc4ccccc4cc3c12. The third-order valence-corrected chi connectivity index (χ3v) is 11.6. The monoisotopic (exact) mass is 622 g/mol. The van der Waals surface area contributed by atoms with Crippen LogP contribution in [0.4, 0.5) is 0 Å². The first-order chi connectivity index (χ1) is 20.7. The van der Waals surface area contributed by atoms with Crippen molar-refractivity contribution in [3.05, 3.63) is 96.1 Å². The Morgan fingerprint density at radius 3 is 1.51 bits per heavy atom. The second-order valence-electron chi connectivity index (χ2n) is 16.2. The molecule has 0 bridgehead atoms. The van der Waals surface area contributed by atoms with Crippen LogP contribution in [0, 0.1) is 0 Å². The molecule has 2 N–H and O–H groups in total. The van der Waals surface area contributed by atoms with Crippen molar-refractivity contribution in [3.8, 4) is 5.75 Å². The van der Waals surface area contributed by atoms with Crippen LogP contribution in [0.1, 0.15) is 94.2 Å². The molecule has 0 aliphatic carbocycles. The van der Waals surface area contributed by atoms with Crippen LogP contribution in [0.5, 0.6) is 5.75 Å². The van der Waals surface area contributed by atoms with Gasteiger partial charge in [0.2, 0.25) is 0 Å². The van der Waals surface area contributed by atoms with E-state index < -0.39 is 7.32 Å². The van der Waals surface area contributed by atoms with Gasteiger partial charge in [-0.3, -0.25) is 0 Å². The largest absolute Gasteiger partial charge is 0.707 e. The Bertz CT molecular complexity index is 1750. The maximum atomic E-state index is 9.14. The van der Waals surface area contributed by atoms with Crippen molar-refractivity contribution < 1.29 is 14.7 Å². The van der Waals surface area contributed by atoms with Crippen molar-refractivity contribution in [2.24, 2.45) is 0 Å². The molecule has 0 amide bonds. The second kappa shape index (κ2) is 12.7. The predicted octanol–water partition coefficient (Wildman–Crippen LogP) is 10.5. The van der Waals surface area contributed by atoms with Crippen LogP contribution in [0.3, 0.4) is 0 Å². The molecule has 238 valence electrons. The first-order valence-corrected chi connectivity index (χ1v) is 17.3. The lowest BCUT2D eigenvalue weighted by atomic mass is 9.81. The Morgan fingerprint density at radius 2 is 1.02 bits per heavy atom. The van der Waals surface area contributed by atoms with Gasteiger partial charge in [-0.25, -0.2) is 0 Å². The number of benzene rings is 5. The van der Waals surface area contributed by atoms with E-state index in [2.05, 4.69) is 132 Å². The van der Waals surface area contributed by atoms with Crippen LogP contribution in [0.15, 0.2) is 84.9 Å². The molecule has 0 aromatic heterocycles. The molecule has 45 heavy (non-hydrogen) atoms. The van der Waals surface area contributed by atoms with Gasteiger partial charge in [0.1, 0.15) is 5.75 Å². The molecular formula is C40H52BO3P. The maximum Gasteiger partial charge on any atom is 0.707 e. The molecule has 0 atom stereocenters. The maximum absolute atomic E-state index is 9.14. The average Bonchev–Trinajstić information content (AvgIpc) is 2.89. The standard InChI is InChI=1S/C22H39P.C18H13BO3/c1-19(2,3)16-13-17(20(4,5)6)15-18(14-16)23(21(7,8)9)22(10,11)12;20-19(21)22-17-7-3-6-12-8-9-15-10-13-4-1-2-5-14(13)11-16(15)18(12)17/h13-15H,1-12H3;1-11,20-21H. The predicted molar refractivity (Wildman–Crippen MR) is 200 cm³/mol. The molecule has 0 saturated heterocycles. The van der Waals surface area contributed by atoms with Crippen LogP contribution in [0.2, 0.25) is 0 Å². The van der Waals surface area contributed by atoms with E-state index in [0.29, 0.717) is 16.1 Å². The van der Waals surface area contributed by atoms with Gasteiger partial charge in [-0.05, 0) is 82.7 Å².